The molecule has 0 bridgehead atoms. The predicted octanol–water partition coefficient (Wildman–Crippen LogP) is 2.51. The Hall–Kier alpha value is -2.42. The molecule has 0 saturated heterocycles. The highest BCUT2D eigenvalue weighted by Gasteiger charge is 2.03. The zero-order chi connectivity index (χ0) is 12.4. The molecule has 3 heteroatoms. The first kappa shape index (κ1) is 10.7. The van der Waals surface area contributed by atoms with Gasteiger partial charge in [-0.25, -0.2) is 0 Å². The molecule has 1 aromatic carbocycles. The molecule has 0 fully saturated rings. The van der Waals surface area contributed by atoms with Gasteiger partial charge in [-0.3, -0.25) is 9.78 Å². The van der Waals surface area contributed by atoms with Crippen LogP contribution in [-0.2, 0) is 6.42 Å². The lowest BCUT2D eigenvalue weighted by Crippen LogP contribution is -2.08. The second-order valence-electron chi connectivity index (χ2n) is 4.23. The first-order valence-electron chi connectivity index (χ1n) is 5.83. The van der Waals surface area contributed by atoms with Gasteiger partial charge in [-0.15, -0.1) is 0 Å². The minimum absolute atomic E-state index is 0.0576. The van der Waals surface area contributed by atoms with E-state index < -0.39 is 0 Å². The fourth-order valence-electron chi connectivity index (χ4n) is 2.14. The summed E-state index contributed by atoms with van der Waals surface area (Å²) in [6.07, 6.45) is 4.23. The standard InChI is InChI=1S/C15H12N2O/c18-15-10-12-3-1-2-4-13(12)14(17-15)9-11-5-7-16-8-6-11/h1-8,10H,9H2,(H,17,18). The largest absolute Gasteiger partial charge is 0.325 e. The van der Waals surface area contributed by atoms with E-state index in [2.05, 4.69) is 9.97 Å². The zero-order valence-corrected chi connectivity index (χ0v) is 9.76. The normalized spacial score (nSPS) is 10.7. The number of benzene rings is 1. The number of aromatic amines is 1. The second kappa shape index (κ2) is 4.45. The van der Waals surface area contributed by atoms with Crippen molar-refractivity contribution in [3.63, 3.8) is 0 Å². The van der Waals surface area contributed by atoms with Gasteiger partial charge in [-0.1, -0.05) is 24.3 Å². The van der Waals surface area contributed by atoms with E-state index in [0.29, 0.717) is 6.42 Å². The van der Waals surface area contributed by atoms with Crippen LogP contribution in [0.5, 0.6) is 0 Å². The summed E-state index contributed by atoms with van der Waals surface area (Å²) in [5, 5.41) is 2.07. The molecule has 0 unspecified atom stereocenters. The molecule has 0 amide bonds. The summed E-state index contributed by atoms with van der Waals surface area (Å²) < 4.78 is 0. The summed E-state index contributed by atoms with van der Waals surface area (Å²) in [7, 11) is 0. The maximum Gasteiger partial charge on any atom is 0.248 e. The maximum atomic E-state index is 11.6. The fourth-order valence-corrected chi connectivity index (χ4v) is 2.14. The van der Waals surface area contributed by atoms with Crippen molar-refractivity contribution in [3.8, 4) is 0 Å². The zero-order valence-electron chi connectivity index (χ0n) is 9.76. The fraction of sp³-hybridized carbons (Fsp3) is 0.0667. The molecule has 18 heavy (non-hydrogen) atoms. The Kier molecular flexibility index (Phi) is 2.65. The average molecular weight is 236 g/mol. The van der Waals surface area contributed by atoms with Crippen LogP contribution in [0.2, 0.25) is 0 Å². The quantitative estimate of drug-likeness (QED) is 0.743. The van der Waals surface area contributed by atoms with Crippen LogP contribution in [0.1, 0.15) is 11.3 Å². The average Bonchev–Trinajstić information content (AvgIpc) is 2.40. The Balaban J connectivity index is 2.14. The summed E-state index contributed by atoms with van der Waals surface area (Å²) in [6.45, 7) is 0. The van der Waals surface area contributed by atoms with Crippen LogP contribution >= 0.6 is 0 Å². The van der Waals surface area contributed by atoms with Gasteiger partial charge in [0.2, 0.25) is 5.56 Å². The number of fused-ring (bicyclic) bond motifs is 1. The molecule has 0 aliphatic rings. The monoisotopic (exact) mass is 236 g/mol. The third kappa shape index (κ3) is 2.02. The SMILES string of the molecule is O=c1cc2ccccc2c(Cc2ccncc2)[nH]1. The smallest absolute Gasteiger partial charge is 0.248 e. The van der Waals surface area contributed by atoms with Crippen molar-refractivity contribution in [3.05, 3.63) is 76.5 Å². The number of aromatic nitrogens is 2. The highest BCUT2D eigenvalue weighted by atomic mass is 16.1. The van der Waals surface area contributed by atoms with Crippen LogP contribution in [-0.4, -0.2) is 9.97 Å². The number of H-pyrrole nitrogens is 1. The van der Waals surface area contributed by atoms with Gasteiger partial charge in [0.05, 0.1) is 0 Å². The van der Waals surface area contributed by atoms with Gasteiger partial charge in [-0.05, 0) is 23.1 Å². The van der Waals surface area contributed by atoms with Gasteiger partial charge in [0.25, 0.3) is 0 Å². The van der Waals surface area contributed by atoms with Gasteiger partial charge in [0, 0.05) is 36.0 Å². The van der Waals surface area contributed by atoms with Gasteiger partial charge in [0.15, 0.2) is 0 Å². The summed E-state index contributed by atoms with van der Waals surface area (Å²) in [5.74, 6) is 0. The highest BCUT2D eigenvalue weighted by molar-refractivity contribution is 5.84. The van der Waals surface area contributed by atoms with Crippen LogP contribution in [0.15, 0.2) is 59.7 Å². The third-order valence-electron chi connectivity index (χ3n) is 2.98. The number of nitrogens with one attached hydrogen (secondary N) is 1. The topological polar surface area (TPSA) is 45.8 Å². The van der Waals surface area contributed by atoms with Crippen LogP contribution in [0.4, 0.5) is 0 Å². The molecule has 0 radical (unpaired) electrons. The van der Waals surface area contributed by atoms with Crippen molar-refractivity contribution >= 4 is 10.8 Å². The Labute approximate surface area is 104 Å². The third-order valence-corrected chi connectivity index (χ3v) is 2.98. The van der Waals surface area contributed by atoms with Crippen molar-refractivity contribution in [1.29, 1.82) is 0 Å². The lowest BCUT2D eigenvalue weighted by molar-refractivity contribution is 1.06. The lowest BCUT2D eigenvalue weighted by atomic mass is 10.0. The molecular weight excluding hydrogens is 224 g/mol. The molecule has 2 aromatic heterocycles. The molecule has 0 aliphatic carbocycles. The molecule has 3 aromatic rings. The van der Waals surface area contributed by atoms with Crippen LogP contribution < -0.4 is 5.56 Å². The van der Waals surface area contributed by atoms with Crippen LogP contribution in [0.3, 0.4) is 0 Å². The number of hydrogen-bond donors (Lipinski definition) is 1. The van der Waals surface area contributed by atoms with Crippen molar-refractivity contribution in [1.82, 2.24) is 9.97 Å². The molecule has 2 heterocycles. The lowest BCUT2D eigenvalue weighted by Gasteiger charge is -2.06. The Morgan fingerprint density at radius 3 is 2.67 bits per heavy atom. The van der Waals surface area contributed by atoms with E-state index in [4.69, 9.17) is 0 Å². The van der Waals surface area contributed by atoms with Gasteiger partial charge in [0.1, 0.15) is 0 Å². The molecule has 0 spiro atoms. The minimum atomic E-state index is -0.0576. The van der Waals surface area contributed by atoms with E-state index in [9.17, 15) is 4.79 Å². The summed E-state index contributed by atoms with van der Waals surface area (Å²) in [4.78, 5) is 18.5. The van der Waals surface area contributed by atoms with Crippen molar-refractivity contribution in [2.24, 2.45) is 0 Å². The van der Waals surface area contributed by atoms with E-state index in [0.717, 1.165) is 22.0 Å². The summed E-state index contributed by atoms with van der Waals surface area (Å²) in [6, 6.07) is 13.5. The molecule has 3 nitrogen and oxygen atoms in total. The summed E-state index contributed by atoms with van der Waals surface area (Å²) in [5.41, 5.74) is 2.03. The predicted molar refractivity (Wildman–Crippen MR) is 71.6 cm³/mol. The maximum absolute atomic E-state index is 11.6. The van der Waals surface area contributed by atoms with Gasteiger partial charge >= 0.3 is 0 Å². The second-order valence-corrected chi connectivity index (χ2v) is 4.23. The van der Waals surface area contributed by atoms with Gasteiger partial charge in [-0.2, -0.15) is 0 Å². The number of pyridine rings is 2. The number of rotatable bonds is 2. The van der Waals surface area contributed by atoms with E-state index in [1.54, 1.807) is 18.5 Å². The van der Waals surface area contributed by atoms with Crippen molar-refractivity contribution < 1.29 is 0 Å². The first-order chi connectivity index (χ1) is 8.83. The molecule has 3 rings (SSSR count). The summed E-state index contributed by atoms with van der Waals surface area (Å²) >= 11 is 0. The van der Waals surface area contributed by atoms with E-state index >= 15 is 0 Å². The molecular formula is C15H12N2O. The highest BCUT2D eigenvalue weighted by Crippen LogP contribution is 2.17. The molecule has 0 atom stereocenters. The van der Waals surface area contributed by atoms with Crippen LogP contribution in [0.25, 0.3) is 10.8 Å². The molecule has 0 saturated carbocycles. The number of hydrogen-bond acceptors (Lipinski definition) is 2. The van der Waals surface area contributed by atoms with Crippen LogP contribution in [0, 0.1) is 0 Å². The Morgan fingerprint density at radius 2 is 1.83 bits per heavy atom. The van der Waals surface area contributed by atoms with E-state index in [-0.39, 0.29) is 5.56 Å². The van der Waals surface area contributed by atoms with E-state index in [1.165, 1.54) is 0 Å². The van der Waals surface area contributed by atoms with Crippen molar-refractivity contribution in [2.45, 2.75) is 6.42 Å². The minimum Gasteiger partial charge on any atom is -0.325 e. The molecule has 88 valence electrons. The Bertz CT molecular complexity index is 732. The number of nitrogens with zero attached hydrogens (tertiary/aromatic N) is 1. The van der Waals surface area contributed by atoms with Gasteiger partial charge < -0.3 is 4.98 Å². The first-order valence-corrected chi connectivity index (χ1v) is 5.83. The van der Waals surface area contributed by atoms with Crippen molar-refractivity contribution in [2.75, 3.05) is 0 Å². The Morgan fingerprint density at radius 1 is 1.06 bits per heavy atom. The molecule has 0 aliphatic heterocycles. The molecule has 1 N–H and O–H groups in total. The van der Waals surface area contributed by atoms with E-state index in [1.807, 2.05) is 36.4 Å².